The molecule has 2 aromatic rings. The molecule has 0 aliphatic carbocycles. The Morgan fingerprint density at radius 1 is 1.15 bits per heavy atom. The number of ether oxygens (including phenoxy) is 1. The summed E-state index contributed by atoms with van der Waals surface area (Å²) in [6, 6.07) is 12.0. The minimum atomic E-state index is -3.77. The molecule has 6 nitrogen and oxygen atoms in total. The van der Waals surface area contributed by atoms with Crippen molar-refractivity contribution in [2.75, 3.05) is 13.2 Å². The van der Waals surface area contributed by atoms with Gasteiger partial charge >= 0.3 is 0 Å². The van der Waals surface area contributed by atoms with Gasteiger partial charge in [0.15, 0.2) is 0 Å². The highest BCUT2D eigenvalue weighted by atomic mass is 32.2. The first-order chi connectivity index (χ1) is 12.4. The van der Waals surface area contributed by atoms with Gasteiger partial charge in [0.05, 0.1) is 10.9 Å². The fourth-order valence-electron chi connectivity index (χ4n) is 2.72. The lowest BCUT2D eigenvalue weighted by Crippen LogP contribution is -2.43. The van der Waals surface area contributed by atoms with E-state index in [9.17, 15) is 17.6 Å². The van der Waals surface area contributed by atoms with Crippen LogP contribution >= 0.6 is 0 Å². The van der Waals surface area contributed by atoms with Gasteiger partial charge in [-0.1, -0.05) is 18.2 Å². The SMILES string of the molecule is O=C(CCNS(=O)(=O)c1ccc(F)cc1)N[C@H]1COc2ccccc2C1. The van der Waals surface area contributed by atoms with Gasteiger partial charge in [0.2, 0.25) is 15.9 Å². The summed E-state index contributed by atoms with van der Waals surface area (Å²) >= 11 is 0. The lowest BCUT2D eigenvalue weighted by atomic mass is 10.0. The number of carbonyl (C=O) groups is 1. The Morgan fingerprint density at radius 3 is 2.65 bits per heavy atom. The van der Waals surface area contributed by atoms with Crippen molar-refractivity contribution in [3.8, 4) is 5.75 Å². The molecule has 0 radical (unpaired) electrons. The normalized spacial score (nSPS) is 16.4. The number of carbonyl (C=O) groups excluding carboxylic acids is 1. The van der Waals surface area contributed by atoms with Crippen molar-refractivity contribution in [3.05, 3.63) is 59.9 Å². The zero-order valence-electron chi connectivity index (χ0n) is 13.9. The number of hydrogen-bond donors (Lipinski definition) is 2. The van der Waals surface area contributed by atoms with Crippen molar-refractivity contribution < 1.29 is 22.3 Å². The first-order valence-corrected chi connectivity index (χ1v) is 9.68. The number of sulfonamides is 1. The third-order valence-corrected chi connectivity index (χ3v) is 5.49. The Labute approximate surface area is 151 Å². The van der Waals surface area contributed by atoms with Crippen LogP contribution in [0.3, 0.4) is 0 Å². The van der Waals surface area contributed by atoms with Gasteiger partial charge in [-0.3, -0.25) is 4.79 Å². The van der Waals surface area contributed by atoms with E-state index in [2.05, 4.69) is 10.0 Å². The standard InChI is InChI=1S/C18H19FN2O4S/c19-14-5-7-16(8-6-14)26(23,24)20-10-9-18(22)21-15-11-13-3-1-2-4-17(13)25-12-15/h1-8,15,20H,9-12H2,(H,21,22)/t15-/m1/s1. The predicted molar refractivity (Wildman–Crippen MR) is 93.8 cm³/mol. The molecule has 1 aliphatic heterocycles. The van der Waals surface area contributed by atoms with Crippen molar-refractivity contribution in [1.29, 1.82) is 0 Å². The van der Waals surface area contributed by atoms with Crippen LogP contribution in [0.5, 0.6) is 5.75 Å². The van der Waals surface area contributed by atoms with Crippen LogP contribution in [0.15, 0.2) is 53.4 Å². The van der Waals surface area contributed by atoms with Crippen molar-refractivity contribution in [3.63, 3.8) is 0 Å². The molecule has 0 bridgehead atoms. The minimum Gasteiger partial charge on any atom is -0.491 e. The summed E-state index contributed by atoms with van der Waals surface area (Å²) in [7, 11) is -3.77. The zero-order chi connectivity index (χ0) is 18.6. The fourth-order valence-corrected chi connectivity index (χ4v) is 3.75. The molecular weight excluding hydrogens is 359 g/mol. The monoisotopic (exact) mass is 378 g/mol. The largest absolute Gasteiger partial charge is 0.491 e. The summed E-state index contributed by atoms with van der Waals surface area (Å²) in [5.41, 5.74) is 1.03. The second kappa shape index (κ2) is 7.84. The molecule has 0 spiro atoms. The summed E-state index contributed by atoms with van der Waals surface area (Å²) in [4.78, 5) is 12.0. The lowest BCUT2D eigenvalue weighted by molar-refractivity contribution is -0.121. The van der Waals surface area contributed by atoms with Gasteiger partial charge in [0.25, 0.3) is 0 Å². The highest BCUT2D eigenvalue weighted by Crippen LogP contribution is 2.23. The number of para-hydroxylation sites is 1. The number of fused-ring (bicyclic) bond motifs is 1. The summed E-state index contributed by atoms with van der Waals surface area (Å²) in [5.74, 6) is 0.0458. The van der Waals surface area contributed by atoms with Crippen molar-refractivity contribution in [2.45, 2.75) is 23.8 Å². The quantitative estimate of drug-likeness (QED) is 0.800. The molecule has 0 saturated heterocycles. The number of amides is 1. The van der Waals surface area contributed by atoms with Gasteiger partial charge in [-0.05, 0) is 42.3 Å². The molecule has 1 heterocycles. The van der Waals surface area contributed by atoms with Crippen LogP contribution in [-0.2, 0) is 21.2 Å². The van der Waals surface area contributed by atoms with E-state index in [1.54, 1.807) is 0 Å². The predicted octanol–water partition coefficient (Wildman–Crippen LogP) is 1.61. The van der Waals surface area contributed by atoms with Crippen LogP contribution in [0.1, 0.15) is 12.0 Å². The second-order valence-electron chi connectivity index (χ2n) is 5.99. The molecule has 26 heavy (non-hydrogen) atoms. The molecule has 3 rings (SSSR count). The summed E-state index contributed by atoms with van der Waals surface area (Å²) < 4.78 is 44.9. The molecule has 2 aromatic carbocycles. The first-order valence-electron chi connectivity index (χ1n) is 8.19. The molecule has 1 atom stereocenters. The molecular formula is C18H19FN2O4S. The van der Waals surface area contributed by atoms with Gasteiger partial charge in [-0.15, -0.1) is 0 Å². The van der Waals surface area contributed by atoms with Crippen LogP contribution in [-0.4, -0.2) is 33.5 Å². The number of nitrogens with one attached hydrogen (secondary N) is 2. The van der Waals surface area contributed by atoms with Crippen LogP contribution in [0.2, 0.25) is 0 Å². The Morgan fingerprint density at radius 2 is 1.88 bits per heavy atom. The van der Waals surface area contributed by atoms with Crippen LogP contribution in [0.25, 0.3) is 0 Å². The van der Waals surface area contributed by atoms with Gasteiger partial charge < -0.3 is 10.1 Å². The maximum atomic E-state index is 12.9. The Kier molecular flexibility index (Phi) is 5.53. The van der Waals surface area contributed by atoms with E-state index in [1.165, 1.54) is 12.1 Å². The van der Waals surface area contributed by atoms with Gasteiger partial charge in [0, 0.05) is 13.0 Å². The number of halogens is 1. The summed E-state index contributed by atoms with van der Waals surface area (Å²) in [5, 5.41) is 2.84. The van der Waals surface area contributed by atoms with Crippen molar-refractivity contribution >= 4 is 15.9 Å². The Balaban J connectivity index is 1.47. The van der Waals surface area contributed by atoms with E-state index in [4.69, 9.17) is 4.74 Å². The summed E-state index contributed by atoms with van der Waals surface area (Å²) in [6.45, 7) is 0.333. The second-order valence-corrected chi connectivity index (χ2v) is 7.76. The molecule has 0 unspecified atom stereocenters. The van der Waals surface area contributed by atoms with Crippen LogP contribution in [0, 0.1) is 5.82 Å². The summed E-state index contributed by atoms with van der Waals surface area (Å²) in [6.07, 6.45) is 0.668. The average molecular weight is 378 g/mol. The number of benzene rings is 2. The van der Waals surface area contributed by atoms with E-state index in [-0.39, 0.29) is 29.8 Å². The third-order valence-electron chi connectivity index (χ3n) is 4.01. The molecule has 8 heteroatoms. The maximum Gasteiger partial charge on any atom is 0.240 e. The van der Waals surface area contributed by atoms with E-state index < -0.39 is 15.8 Å². The van der Waals surface area contributed by atoms with Crippen LogP contribution < -0.4 is 14.8 Å². The van der Waals surface area contributed by atoms with Crippen molar-refractivity contribution in [2.24, 2.45) is 0 Å². The lowest BCUT2D eigenvalue weighted by Gasteiger charge is -2.26. The number of hydrogen-bond acceptors (Lipinski definition) is 4. The highest BCUT2D eigenvalue weighted by Gasteiger charge is 2.21. The smallest absolute Gasteiger partial charge is 0.240 e. The Hall–Kier alpha value is -2.45. The van der Waals surface area contributed by atoms with E-state index in [1.807, 2.05) is 24.3 Å². The molecule has 2 N–H and O–H groups in total. The molecule has 138 valence electrons. The molecule has 1 amide bonds. The molecule has 0 fully saturated rings. The van der Waals surface area contributed by atoms with E-state index in [0.717, 1.165) is 23.4 Å². The van der Waals surface area contributed by atoms with E-state index in [0.29, 0.717) is 13.0 Å². The van der Waals surface area contributed by atoms with Gasteiger partial charge in [-0.25, -0.2) is 17.5 Å². The fraction of sp³-hybridized carbons (Fsp3) is 0.278. The van der Waals surface area contributed by atoms with Crippen LogP contribution in [0.4, 0.5) is 4.39 Å². The minimum absolute atomic E-state index is 0.00142. The number of rotatable bonds is 6. The topological polar surface area (TPSA) is 84.5 Å². The first kappa shape index (κ1) is 18.3. The average Bonchev–Trinajstić information content (AvgIpc) is 2.62. The molecule has 0 aromatic heterocycles. The molecule has 0 saturated carbocycles. The van der Waals surface area contributed by atoms with Crippen molar-refractivity contribution in [1.82, 2.24) is 10.0 Å². The molecule has 1 aliphatic rings. The highest BCUT2D eigenvalue weighted by molar-refractivity contribution is 7.89. The third kappa shape index (κ3) is 4.59. The van der Waals surface area contributed by atoms with Gasteiger partial charge in [0.1, 0.15) is 18.2 Å². The van der Waals surface area contributed by atoms with Gasteiger partial charge in [-0.2, -0.15) is 0 Å². The zero-order valence-corrected chi connectivity index (χ0v) is 14.8. The maximum absolute atomic E-state index is 12.9. The Bertz CT molecular complexity index is 884. The van der Waals surface area contributed by atoms with E-state index >= 15 is 0 Å².